The van der Waals surface area contributed by atoms with Gasteiger partial charge in [0.1, 0.15) is 0 Å². The molecule has 146 valence electrons. The van der Waals surface area contributed by atoms with Crippen molar-refractivity contribution in [2.75, 3.05) is 6.61 Å². The zero-order valence-electron chi connectivity index (χ0n) is 16.4. The number of rotatable bonds is 17. The molecule has 0 heterocycles. The zero-order chi connectivity index (χ0) is 18.9. The Morgan fingerprint density at radius 3 is 1.72 bits per heavy atom. The fourth-order valence-electron chi connectivity index (χ4n) is 2.77. The van der Waals surface area contributed by atoms with E-state index in [1.807, 2.05) is 0 Å². The highest BCUT2D eigenvalue weighted by atomic mass is 16.5. The minimum atomic E-state index is -1.06. The molecule has 0 aliphatic carbocycles. The summed E-state index contributed by atoms with van der Waals surface area (Å²) in [5, 5.41) is 8.57. The fraction of sp³-hybridized carbons (Fsp3) is 0.810. The highest BCUT2D eigenvalue weighted by Crippen LogP contribution is 2.13. The SMILES string of the molecule is C=C(CC(=O)O)C(=O)OCCCCCCCCCCCCCC(C)C. The summed E-state index contributed by atoms with van der Waals surface area (Å²) in [5.41, 5.74) is 0.0108. The molecule has 4 heteroatoms. The van der Waals surface area contributed by atoms with E-state index in [-0.39, 0.29) is 12.0 Å². The maximum absolute atomic E-state index is 11.4. The van der Waals surface area contributed by atoms with Gasteiger partial charge in [-0.25, -0.2) is 4.79 Å². The molecule has 0 saturated carbocycles. The van der Waals surface area contributed by atoms with Crippen LogP contribution < -0.4 is 0 Å². The Morgan fingerprint density at radius 2 is 1.28 bits per heavy atom. The third kappa shape index (κ3) is 17.3. The maximum atomic E-state index is 11.4. The van der Waals surface area contributed by atoms with E-state index in [0.717, 1.165) is 18.8 Å². The van der Waals surface area contributed by atoms with Crippen LogP contribution in [0.4, 0.5) is 0 Å². The van der Waals surface area contributed by atoms with Crippen LogP contribution in [0.1, 0.15) is 97.3 Å². The van der Waals surface area contributed by atoms with Gasteiger partial charge >= 0.3 is 11.9 Å². The minimum absolute atomic E-state index is 0.0108. The van der Waals surface area contributed by atoms with E-state index in [1.165, 1.54) is 64.2 Å². The monoisotopic (exact) mass is 354 g/mol. The quantitative estimate of drug-likeness (QED) is 0.201. The lowest BCUT2D eigenvalue weighted by molar-refractivity contribution is -0.142. The molecule has 0 unspecified atom stereocenters. The van der Waals surface area contributed by atoms with Gasteiger partial charge in [0, 0.05) is 5.57 Å². The van der Waals surface area contributed by atoms with Crippen molar-refractivity contribution in [1.29, 1.82) is 0 Å². The molecule has 0 aliphatic rings. The first kappa shape index (κ1) is 23.7. The Kier molecular flexibility index (Phi) is 15.3. The minimum Gasteiger partial charge on any atom is -0.481 e. The molecule has 0 saturated heterocycles. The molecule has 0 radical (unpaired) electrons. The summed E-state index contributed by atoms with van der Waals surface area (Å²) in [7, 11) is 0. The van der Waals surface area contributed by atoms with Gasteiger partial charge in [0.2, 0.25) is 0 Å². The highest BCUT2D eigenvalue weighted by molar-refractivity contribution is 5.92. The Bertz CT molecular complexity index is 374. The highest BCUT2D eigenvalue weighted by Gasteiger charge is 2.11. The number of hydrogen-bond acceptors (Lipinski definition) is 3. The van der Waals surface area contributed by atoms with Gasteiger partial charge in [0.05, 0.1) is 13.0 Å². The second-order valence-corrected chi connectivity index (χ2v) is 7.38. The molecule has 25 heavy (non-hydrogen) atoms. The Morgan fingerprint density at radius 1 is 0.840 bits per heavy atom. The lowest BCUT2D eigenvalue weighted by atomic mass is 10.0. The zero-order valence-corrected chi connectivity index (χ0v) is 16.4. The van der Waals surface area contributed by atoms with E-state index in [9.17, 15) is 9.59 Å². The number of carboxylic acids is 1. The summed E-state index contributed by atoms with van der Waals surface area (Å²) in [4.78, 5) is 21.9. The van der Waals surface area contributed by atoms with Crippen LogP contribution in [-0.2, 0) is 14.3 Å². The van der Waals surface area contributed by atoms with Crippen LogP contribution in [0.2, 0.25) is 0 Å². The van der Waals surface area contributed by atoms with Gasteiger partial charge in [0.25, 0.3) is 0 Å². The second kappa shape index (κ2) is 16.2. The van der Waals surface area contributed by atoms with E-state index < -0.39 is 11.9 Å². The summed E-state index contributed by atoms with van der Waals surface area (Å²) < 4.78 is 5.01. The van der Waals surface area contributed by atoms with Crippen molar-refractivity contribution in [3.05, 3.63) is 12.2 Å². The summed E-state index contributed by atoms with van der Waals surface area (Å²) in [6.45, 7) is 8.37. The molecule has 0 amide bonds. The van der Waals surface area contributed by atoms with Crippen LogP contribution in [0.25, 0.3) is 0 Å². The van der Waals surface area contributed by atoms with E-state index in [1.54, 1.807) is 0 Å². The van der Waals surface area contributed by atoms with E-state index in [0.29, 0.717) is 6.61 Å². The van der Waals surface area contributed by atoms with Gasteiger partial charge in [-0.05, 0) is 12.3 Å². The molecular weight excluding hydrogens is 316 g/mol. The lowest BCUT2D eigenvalue weighted by Crippen LogP contribution is -2.11. The molecule has 0 fully saturated rings. The normalized spacial score (nSPS) is 10.8. The van der Waals surface area contributed by atoms with Gasteiger partial charge in [-0.3, -0.25) is 4.79 Å². The average Bonchev–Trinajstić information content (AvgIpc) is 2.53. The number of ether oxygens (including phenoxy) is 1. The van der Waals surface area contributed by atoms with Crippen LogP contribution in [0.5, 0.6) is 0 Å². The molecule has 0 bridgehead atoms. The molecule has 4 nitrogen and oxygen atoms in total. The predicted octanol–water partition coefficient (Wildman–Crippen LogP) is 5.90. The standard InChI is InChI=1S/C21H38O4/c1-18(2)15-13-11-9-7-5-4-6-8-10-12-14-16-25-21(24)19(3)17-20(22)23/h18H,3-17H2,1-2H3,(H,22,23). The summed E-state index contributed by atoms with van der Waals surface area (Å²) >= 11 is 0. The van der Waals surface area contributed by atoms with Crippen molar-refractivity contribution in [2.45, 2.75) is 97.3 Å². The van der Waals surface area contributed by atoms with Gasteiger partial charge in [-0.15, -0.1) is 0 Å². The van der Waals surface area contributed by atoms with E-state index in [2.05, 4.69) is 20.4 Å². The smallest absolute Gasteiger partial charge is 0.333 e. The Balaban J connectivity index is 3.25. The molecular formula is C21H38O4. The van der Waals surface area contributed by atoms with Gasteiger partial charge in [-0.1, -0.05) is 91.1 Å². The summed E-state index contributed by atoms with van der Waals surface area (Å²) in [5.74, 6) is -0.805. The number of carbonyl (C=O) groups excluding carboxylic acids is 1. The lowest BCUT2D eigenvalue weighted by Gasteiger charge is -2.06. The molecule has 0 spiro atoms. The van der Waals surface area contributed by atoms with Crippen LogP contribution >= 0.6 is 0 Å². The first-order valence-corrected chi connectivity index (χ1v) is 10.00. The molecule has 1 N–H and O–H groups in total. The fourth-order valence-corrected chi connectivity index (χ4v) is 2.77. The third-order valence-corrected chi connectivity index (χ3v) is 4.31. The summed E-state index contributed by atoms with van der Waals surface area (Å²) in [6.07, 6.45) is 14.8. The number of hydrogen-bond donors (Lipinski definition) is 1. The topological polar surface area (TPSA) is 63.6 Å². The van der Waals surface area contributed by atoms with Crippen molar-refractivity contribution in [3.8, 4) is 0 Å². The number of carbonyl (C=O) groups is 2. The molecule has 0 aromatic carbocycles. The average molecular weight is 355 g/mol. The predicted molar refractivity (Wildman–Crippen MR) is 103 cm³/mol. The molecule has 0 atom stereocenters. The van der Waals surface area contributed by atoms with Gasteiger partial charge in [0.15, 0.2) is 0 Å². The first-order chi connectivity index (χ1) is 11.9. The summed E-state index contributed by atoms with van der Waals surface area (Å²) in [6, 6.07) is 0. The number of aliphatic carboxylic acids is 1. The first-order valence-electron chi connectivity index (χ1n) is 10.00. The van der Waals surface area contributed by atoms with Crippen LogP contribution in [-0.4, -0.2) is 23.7 Å². The molecule has 0 aromatic heterocycles. The van der Waals surface area contributed by atoms with Gasteiger partial charge < -0.3 is 9.84 Å². The van der Waals surface area contributed by atoms with Crippen molar-refractivity contribution in [3.63, 3.8) is 0 Å². The van der Waals surface area contributed by atoms with Crippen molar-refractivity contribution in [2.24, 2.45) is 5.92 Å². The van der Waals surface area contributed by atoms with Crippen LogP contribution in [0.3, 0.4) is 0 Å². The largest absolute Gasteiger partial charge is 0.481 e. The number of carboxylic acid groups (broad SMARTS) is 1. The van der Waals surface area contributed by atoms with Crippen molar-refractivity contribution in [1.82, 2.24) is 0 Å². The van der Waals surface area contributed by atoms with Gasteiger partial charge in [-0.2, -0.15) is 0 Å². The number of unbranched alkanes of at least 4 members (excludes halogenated alkanes) is 10. The number of esters is 1. The van der Waals surface area contributed by atoms with Crippen molar-refractivity contribution >= 4 is 11.9 Å². The third-order valence-electron chi connectivity index (χ3n) is 4.31. The van der Waals surface area contributed by atoms with Crippen LogP contribution in [0, 0.1) is 5.92 Å². The van der Waals surface area contributed by atoms with E-state index in [4.69, 9.17) is 9.84 Å². The second-order valence-electron chi connectivity index (χ2n) is 7.38. The molecule has 0 rings (SSSR count). The Hall–Kier alpha value is -1.32. The molecule has 0 aliphatic heterocycles. The maximum Gasteiger partial charge on any atom is 0.333 e. The van der Waals surface area contributed by atoms with E-state index >= 15 is 0 Å². The molecule has 0 aromatic rings. The van der Waals surface area contributed by atoms with Crippen molar-refractivity contribution < 1.29 is 19.4 Å². The van der Waals surface area contributed by atoms with Crippen LogP contribution in [0.15, 0.2) is 12.2 Å². The Labute approximate surface area is 154 Å².